The van der Waals surface area contributed by atoms with Crippen LogP contribution in [0.2, 0.25) is 5.02 Å². The number of carboxylic acids is 1. The zero-order valence-electron chi connectivity index (χ0n) is 17.2. The molecule has 0 bridgehead atoms. The van der Waals surface area contributed by atoms with Crippen molar-refractivity contribution in [2.45, 2.75) is 51.3 Å². The Morgan fingerprint density at radius 1 is 1.26 bits per heavy atom. The van der Waals surface area contributed by atoms with Gasteiger partial charge in [-0.1, -0.05) is 43.5 Å². The average Bonchev–Trinajstić information content (AvgIpc) is 3.35. The predicted molar refractivity (Wildman–Crippen MR) is 119 cm³/mol. The minimum absolute atomic E-state index is 0.119. The number of aromatic nitrogens is 3. The Morgan fingerprint density at radius 3 is 2.68 bits per heavy atom. The zero-order valence-corrected chi connectivity index (χ0v) is 18.0. The van der Waals surface area contributed by atoms with Crippen LogP contribution >= 0.6 is 11.6 Å². The maximum Gasteiger partial charge on any atom is 0.326 e. The number of carbonyl (C=O) groups is 1. The van der Waals surface area contributed by atoms with Gasteiger partial charge in [0.15, 0.2) is 0 Å². The summed E-state index contributed by atoms with van der Waals surface area (Å²) < 4.78 is 3.38. The van der Waals surface area contributed by atoms with Gasteiger partial charge in [0, 0.05) is 42.4 Å². The highest BCUT2D eigenvalue weighted by Gasteiger charge is 2.37. The van der Waals surface area contributed by atoms with E-state index < -0.39 is 18.1 Å². The SMILES string of the molecule is CCCCCn1c(N2C[C@@H](O)C[C@H]2C(=O)O)cc(=O)n2cc(-c3ccc(Cl)cc3)nc12. The molecule has 0 aliphatic carbocycles. The summed E-state index contributed by atoms with van der Waals surface area (Å²) >= 11 is 5.99. The first-order chi connectivity index (χ1) is 14.9. The number of benzene rings is 1. The first-order valence-electron chi connectivity index (χ1n) is 10.5. The van der Waals surface area contributed by atoms with Gasteiger partial charge in [-0.3, -0.25) is 13.8 Å². The Labute approximate surface area is 184 Å². The fraction of sp³-hybridized carbons (Fsp3) is 0.409. The number of unbranched alkanes of at least 4 members (excludes halogenated alkanes) is 2. The molecule has 3 heterocycles. The van der Waals surface area contributed by atoms with Crippen LogP contribution in [0.3, 0.4) is 0 Å². The van der Waals surface area contributed by atoms with Crippen molar-refractivity contribution in [2.75, 3.05) is 11.4 Å². The van der Waals surface area contributed by atoms with E-state index in [1.54, 1.807) is 23.2 Å². The van der Waals surface area contributed by atoms with Crippen LogP contribution in [0.1, 0.15) is 32.6 Å². The first-order valence-corrected chi connectivity index (χ1v) is 10.8. The van der Waals surface area contributed by atoms with Crippen molar-refractivity contribution in [3.05, 3.63) is 51.9 Å². The molecule has 4 rings (SSSR count). The van der Waals surface area contributed by atoms with Crippen molar-refractivity contribution in [3.8, 4) is 11.3 Å². The number of nitrogens with zero attached hydrogens (tertiary/aromatic N) is 4. The van der Waals surface area contributed by atoms with Crippen molar-refractivity contribution < 1.29 is 15.0 Å². The molecule has 1 saturated heterocycles. The molecule has 1 aliphatic rings. The van der Waals surface area contributed by atoms with Crippen LogP contribution in [0, 0.1) is 0 Å². The maximum atomic E-state index is 12.9. The number of aliphatic carboxylic acids is 1. The number of carboxylic acid groups (broad SMARTS) is 1. The van der Waals surface area contributed by atoms with E-state index in [0.717, 1.165) is 24.8 Å². The number of aliphatic hydroxyl groups excluding tert-OH is 1. The van der Waals surface area contributed by atoms with E-state index in [2.05, 4.69) is 6.92 Å². The van der Waals surface area contributed by atoms with Gasteiger partial charge >= 0.3 is 5.97 Å². The second-order valence-corrected chi connectivity index (χ2v) is 8.33. The molecule has 0 unspecified atom stereocenters. The molecular formula is C22H25ClN4O4. The fourth-order valence-electron chi connectivity index (χ4n) is 4.12. The van der Waals surface area contributed by atoms with Crippen LogP contribution in [-0.4, -0.2) is 48.8 Å². The number of aryl methyl sites for hydroxylation is 1. The largest absolute Gasteiger partial charge is 0.480 e. The van der Waals surface area contributed by atoms with Gasteiger partial charge in [-0.05, 0) is 18.6 Å². The summed E-state index contributed by atoms with van der Waals surface area (Å²) in [6.45, 7) is 2.85. The van der Waals surface area contributed by atoms with Crippen molar-refractivity contribution in [1.82, 2.24) is 14.0 Å². The third-order valence-electron chi connectivity index (χ3n) is 5.68. The second-order valence-electron chi connectivity index (χ2n) is 7.90. The number of halogens is 1. The number of imidazole rings is 1. The third-order valence-corrected chi connectivity index (χ3v) is 5.93. The molecule has 2 atom stereocenters. The lowest BCUT2D eigenvalue weighted by Gasteiger charge is -2.27. The van der Waals surface area contributed by atoms with E-state index in [1.807, 2.05) is 16.7 Å². The van der Waals surface area contributed by atoms with E-state index >= 15 is 0 Å². The van der Waals surface area contributed by atoms with Crippen LogP contribution in [0.4, 0.5) is 5.82 Å². The Hall–Kier alpha value is -2.84. The standard InChI is InChI=1S/C22H25ClN4O4/c1-2-3-4-9-25-19(26-12-16(28)10-18(26)21(30)31)11-20(29)27-13-17(24-22(25)27)14-5-7-15(23)8-6-14/h5-8,11,13,16,18,28H,2-4,9-10,12H2,1H3,(H,30,31)/t16-,18-/m0/s1. The molecule has 0 spiro atoms. The lowest BCUT2D eigenvalue weighted by Crippen LogP contribution is -2.39. The number of β-amino-alcohol motifs (C(OH)–C–C–N with tert-alkyl or cyclic N) is 1. The number of aliphatic hydroxyl groups is 1. The van der Waals surface area contributed by atoms with Crippen LogP contribution in [0.25, 0.3) is 17.0 Å². The molecule has 0 radical (unpaired) electrons. The normalized spacial score (nSPS) is 18.7. The summed E-state index contributed by atoms with van der Waals surface area (Å²) in [4.78, 5) is 31.1. The summed E-state index contributed by atoms with van der Waals surface area (Å²) in [5.74, 6) is -0.0888. The van der Waals surface area contributed by atoms with Crippen LogP contribution in [0.15, 0.2) is 41.3 Å². The van der Waals surface area contributed by atoms with Gasteiger partial charge in [-0.2, -0.15) is 0 Å². The van der Waals surface area contributed by atoms with E-state index in [4.69, 9.17) is 16.6 Å². The molecule has 0 amide bonds. The van der Waals surface area contributed by atoms with E-state index in [0.29, 0.717) is 28.9 Å². The molecule has 3 aromatic rings. The molecule has 1 fully saturated rings. The van der Waals surface area contributed by atoms with Gasteiger partial charge in [-0.15, -0.1) is 0 Å². The maximum absolute atomic E-state index is 12.9. The van der Waals surface area contributed by atoms with Gasteiger partial charge < -0.3 is 15.1 Å². The highest BCUT2D eigenvalue weighted by molar-refractivity contribution is 6.30. The van der Waals surface area contributed by atoms with Crippen molar-refractivity contribution in [3.63, 3.8) is 0 Å². The number of hydrogen-bond acceptors (Lipinski definition) is 5. The molecule has 164 valence electrons. The average molecular weight is 445 g/mol. The van der Waals surface area contributed by atoms with Crippen LogP contribution < -0.4 is 10.5 Å². The Morgan fingerprint density at radius 2 is 2.00 bits per heavy atom. The van der Waals surface area contributed by atoms with E-state index in [9.17, 15) is 19.8 Å². The molecule has 8 nitrogen and oxygen atoms in total. The Bertz CT molecular complexity index is 1150. The molecule has 1 aromatic carbocycles. The smallest absolute Gasteiger partial charge is 0.326 e. The fourth-order valence-corrected chi connectivity index (χ4v) is 4.24. The van der Waals surface area contributed by atoms with Crippen LogP contribution in [0.5, 0.6) is 0 Å². The van der Waals surface area contributed by atoms with E-state index in [-0.39, 0.29) is 18.5 Å². The summed E-state index contributed by atoms with van der Waals surface area (Å²) in [5, 5.41) is 20.4. The van der Waals surface area contributed by atoms with E-state index in [1.165, 1.54) is 10.5 Å². The number of rotatable bonds is 7. The minimum atomic E-state index is -1.02. The number of anilines is 1. The van der Waals surface area contributed by atoms with Gasteiger partial charge in [0.05, 0.1) is 11.8 Å². The topological polar surface area (TPSA) is 100 Å². The van der Waals surface area contributed by atoms with Gasteiger partial charge in [0.2, 0.25) is 5.78 Å². The van der Waals surface area contributed by atoms with Crippen LogP contribution in [-0.2, 0) is 11.3 Å². The first kappa shape index (κ1) is 21.4. The molecule has 0 saturated carbocycles. The predicted octanol–water partition coefficient (Wildman–Crippen LogP) is 3.03. The molecule has 9 heteroatoms. The lowest BCUT2D eigenvalue weighted by atomic mass is 10.2. The minimum Gasteiger partial charge on any atom is -0.480 e. The number of fused-ring (bicyclic) bond motifs is 1. The molecular weight excluding hydrogens is 420 g/mol. The lowest BCUT2D eigenvalue weighted by molar-refractivity contribution is -0.138. The highest BCUT2D eigenvalue weighted by Crippen LogP contribution is 2.28. The summed E-state index contributed by atoms with van der Waals surface area (Å²) in [7, 11) is 0. The molecule has 1 aliphatic heterocycles. The molecule has 31 heavy (non-hydrogen) atoms. The Balaban J connectivity index is 1.87. The summed E-state index contributed by atoms with van der Waals surface area (Å²) in [6.07, 6.45) is 3.92. The molecule has 2 aromatic heterocycles. The monoisotopic (exact) mass is 444 g/mol. The second kappa shape index (κ2) is 8.72. The third kappa shape index (κ3) is 4.18. The van der Waals surface area contributed by atoms with Gasteiger partial charge in [0.25, 0.3) is 5.56 Å². The molecule has 2 N–H and O–H groups in total. The van der Waals surface area contributed by atoms with Crippen molar-refractivity contribution in [2.24, 2.45) is 0 Å². The van der Waals surface area contributed by atoms with Gasteiger partial charge in [0.1, 0.15) is 11.9 Å². The zero-order chi connectivity index (χ0) is 22.1. The van der Waals surface area contributed by atoms with Gasteiger partial charge in [-0.25, -0.2) is 9.78 Å². The number of hydrogen-bond donors (Lipinski definition) is 2. The van der Waals surface area contributed by atoms with Crippen molar-refractivity contribution in [1.29, 1.82) is 0 Å². The quantitative estimate of drug-likeness (QED) is 0.543. The summed E-state index contributed by atoms with van der Waals surface area (Å²) in [5.41, 5.74) is 1.16. The van der Waals surface area contributed by atoms with Crippen molar-refractivity contribution >= 4 is 29.2 Å². The summed E-state index contributed by atoms with van der Waals surface area (Å²) in [6, 6.07) is 7.77. The highest BCUT2D eigenvalue weighted by atomic mass is 35.5. The Kier molecular flexibility index (Phi) is 6.02.